The molecule has 0 N–H and O–H groups in total. The molecule has 0 unspecified atom stereocenters. The first-order valence-electron chi connectivity index (χ1n) is 8.50. The van der Waals surface area contributed by atoms with Crippen molar-refractivity contribution >= 4 is 6.29 Å². The number of unbranched alkanes of at least 4 members (excludes halogenated alkanes) is 12. The van der Waals surface area contributed by atoms with Gasteiger partial charge in [-0.05, 0) is 19.3 Å². The zero-order valence-electron chi connectivity index (χ0n) is 13.0. The van der Waals surface area contributed by atoms with Crippen LogP contribution in [0.25, 0.3) is 0 Å². The third-order valence-electron chi connectivity index (χ3n) is 3.59. The molecule has 0 heterocycles. The monoisotopic (exact) mass is 266 g/mol. The smallest absolute Gasteiger partial charge is 0.120 e. The summed E-state index contributed by atoms with van der Waals surface area (Å²) in [6, 6.07) is 0. The van der Waals surface area contributed by atoms with E-state index in [0.29, 0.717) is 6.42 Å². The summed E-state index contributed by atoms with van der Waals surface area (Å²) >= 11 is 0. The first kappa shape index (κ1) is 18.4. The third kappa shape index (κ3) is 17.4. The Kier molecular flexibility index (Phi) is 16.9. The average molecular weight is 266 g/mol. The highest BCUT2D eigenvalue weighted by Gasteiger charge is 1.92. The van der Waals surface area contributed by atoms with Gasteiger partial charge in [-0.2, -0.15) is 0 Å². The maximum Gasteiger partial charge on any atom is 0.120 e. The Labute approximate surface area is 120 Å². The second-order valence-electron chi connectivity index (χ2n) is 5.54. The first-order chi connectivity index (χ1) is 9.41. The lowest BCUT2D eigenvalue weighted by Gasteiger charge is -2.01. The van der Waals surface area contributed by atoms with E-state index < -0.39 is 0 Å². The van der Waals surface area contributed by atoms with Crippen LogP contribution < -0.4 is 0 Å². The van der Waals surface area contributed by atoms with Crippen LogP contribution in [0.4, 0.5) is 0 Å². The van der Waals surface area contributed by atoms with Crippen LogP contribution in [0.5, 0.6) is 0 Å². The Morgan fingerprint density at radius 3 is 1.58 bits per heavy atom. The number of carbonyl (C=O) groups is 1. The minimum absolute atomic E-state index is 0.675. The summed E-state index contributed by atoms with van der Waals surface area (Å²) in [4.78, 5) is 10.1. The number of hydrogen-bond acceptors (Lipinski definition) is 1. The van der Waals surface area contributed by atoms with E-state index in [9.17, 15) is 4.79 Å². The van der Waals surface area contributed by atoms with E-state index in [4.69, 9.17) is 0 Å². The molecule has 0 atom stereocenters. The lowest BCUT2D eigenvalue weighted by atomic mass is 10.1. The summed E-state index contributed by atoms with van der Waals surface area (Å²) in [5.74, 6) is 0. The standard InChI is InChI=1S/C18H34O/c1-2-3-4-5-6-7-8-9-10-11-12-13-14-15-16-17-18-19/h14-15,18H,2-13,16-17H2,1H3. The van der Waals surface area contributed by atoms with Gasteiger partial charge in [-0.25, -0.2) is 0 Å². The van der Waals surface area contributed by atoms with Crippen molar-refractivity contribution in [3.63, 3.8) is 0 Å². The van der Waals surface area contributed by atoms with Gasteiger partial charge in [0, 0.05) is 6.42 Å². The van der Waals surface area contributed by atoms with Gasteiger partial charge in [-0.1, -0.05) is 83.3 Å². The first-order valence-corrected chi connectivity index (χ1v) is 8.50. The second-order valence-corrected chi connectivity index (χ2v) is 5.54. The highest BCUT2D eigenvalue weighted by molar-refractivity contribution is 5.49. The summed E-state index contributed by atoms with van der Waals surface area (Å²) in [7, 11) is 0. The van der Waals surface area contributed by atoms with Crippen molar-refractivity contribution in [1.29, 1.82) is 0 Å². The second kappa shape index (κ2) is 17.4. The van der Waals surface area contributed by atoms with Crippen LogP contribution in [0.1, 0.15) is 96.8 Å². The molecule has 0 fully saturated rings. The van der Waals surface area contributed by atoms with Crippen molar-refractivity contribution < 1.29 is 4.79 Å². The summed E-state index contributed by atoms with van der Waals surface area (Å²) < 4.78 is 0. The van der Waals surface area contributed by atoms with E-state index in [0.717, 1.165) is 12.7 Å². The van der Waals surface area contributed by atoms with Gasteiger partial charge in [0.25, 0.3) is 0 Å². The largest absolute Gasteiger partial charge is 0.303 e. The molecule has 0 radical (unpaired) electrons. The molecule has 0 rings (SSSR count). The quantitative estimate of drug-likeness (QED) is 0.195. The van der Waals surface area contributed by atoms with Gasteiger partial charge in [-0.15, -0.1) is 0 Å². The van der Waals surface area contributed by atoms with Gasteiger partial charge in [0.2, 0.25) is 0 Å². The molecule has 0 aromatic carbocycles. The van der Waals surface area contributed by atoms with E-state index in [2.05, 4.69) is 19.1 Å². The van der Waals surface area contributed by atoms with E-state index in [1.807, 2.05) is 0 Å². The molecular weight excluding hydrogens is 232 g/mol. The van der Waals surface area contributed by atoms with Gasteiger partial charge >= 0.3 is 0 Å². The van der Waals surface area contributed by atoms with Crippen molar-refractivity contribution in [3.8, 4) is 0 Å². The Morgan fingerprint density at radius 2 is 1.05 bits per heavy atom. The molecule has 1 heteroatoms. The van der Waals surface area contributed by atoms with Crippen molar-refractivity contribution in [2.45, 2.75) is 96.8 Å². The maximum atomic E-state index is 10.1. The summed E-state index contributed by atoms with van der Waals surface area (Å²) in [5.41, 5.74) is 0. The average Bonchev–Trinajstić information content (AvgIpc) is 2.43. The van der Waals surface area contributed by atoms with Crippen molar-refractivity contribution in [3.05, 3.63) is 12.2 Å². The Hall–Kier alpha value is -0.590. The molecule has 0 amide bonds. The van der Waals surface area contributed by atoms with Crippen molar-refractivity contribution in [2.24, 2.45) is 0 Å². The third-order valence-corrected chi connectivity index (χ3v) is 3.59. The number of rotatable bonds is 15. The van der Waals surface area contributed by atoms with Crippen LogP contribution >= 0.6 is 0 Å². The summed E-state index contributed by atoms with van der Waals surface area (Å²) in [5, 5.41) is 0. The minimum Gasteiger partial charge on any atom is -0.303 e. The SMILES string of the molecule is CCCCCCCCCCCCCC=CCCC=O. The molecule has 0 aliphatic heterocycles. The molecule has 0 aromatic rings. The van der Waals surface area contributed by atoms with Gasteiger partial charge < -0.3 is 4.79 Å². The molecule has 0 saturated heterocycles. The summed E-state index contributed by atoms with van der Waals surface area (Å²) in [6.45, 7) is 2.28. The van der Waals surface area contributed by atoms with Gasteiger partial charge in [-0.3, -0.25) is 0 Å². The van der Waals surface area contributed by atoms with Crippen LogP contribution in [0.3, 0.4) is 0 Å². The fourth-order valence-electron chi connectivity index (χ4n) is 2.33. The Balaban J connectivity index is 2.98. The van der Waals surface area contributed by atoms with E-state index in [-0.39, 0.29) is 0 Å². The van der Waals surface area contributed by atoms with Crippen molar-refractivity contribution in [2.75, 3.05) is 0 Å². The van der Waals surface area contributed by atoms with Gasteiger partial charge in [0.05, 0.1) is 0 Å². The van der Waals surface area contributed by atoms with E-state index >= 15 is 0 Å². The lowest BCUT2D eigenvalue weighted by Crippen LogP contribution is -1.82. The molecule has 19 heavy (non-hydrogen) atoms. The highest BCUT2D eigenvalue weighted by Crippen LogP contribution is 2.12. The molecule has 112 valence electrons. The number of carbonyl (C=O) groups excluding carboxylic acids is 1. The molecular formula is C18H34O. The predicted octanol–water partition coefficient (Wildman–Crippen LogP) is 6.22. The molecule has 0 saturated carbocycles. The Bertz CT molecular complexity index is 196. The molecule has 0 bridgehead atoms. The molecule has 1 nitrogen and oxygen atoms in total. The zero-order valence-corrected chi connectivity index (χ0v) is 13.0. The fraction of sp³-hybridized carbons (Fsp3) is 0.833. The van der Waals surface area contributed by atoms with Crippen molar-refractivity contribution in [1.82, 2.24) is 0 Å². The predicted molar refractivity (Wildman–Crippen MR) is 85.5 cm³/mol. The van der Waals surface area contributed by atoms with E-state index in [1.54, 1.807) is 0 Å². The molecule has 0 aliphatic carbocycles. The van der Waals surface area contributed by atoms with Crippen LogP contribution in [0.15, 0.2) is 12.2 Å². The van der Waals surface area contributed by atoms with Gasteiger partial charge in [0.1, 0.15) is 6.29 Å². The van der Waals surface area contributed by atoms with Gasteiger partial charge in [0.15, 0.2) is 0 Å². The Morgan fingerprint density at radius 1 is 0.579 bits per heavy atom. The van der Waals surface area contributed by atoms with Crippen LogP contribution in [-0.2, 0) is 4.79 Å². The molecule has 0 aliphatic rings. The minimum atomic E-state index is 0.675. The zero-order chi connectivity index (χ0) is 14.0. The molecule has 0 spiro atoms. The number of allylic oxidation sites excluding steroid dienone is 2. The number of aldehydes is 1. The fourth-order valence-corrected chi connectivity index (χ4v) is 2.33. The molecule has 0 aromatic heterocycles. The maximum absolute atomic E-state index is 10.1. The highest BCUT2D eigenvalue weighted by atomic mass is 16.1. The lowest BCUT2D eigenvalue weighted by molar-refractivity contribution is -0.107. The van der Waals surface area contributed by atoms with Crippen LogP contribution in [-0.4, -0.2) is 6.29 Å². The number of hydrogen-bond donors (Lipinski definition) is 0. The normalized spacial score (nSPS) is 11.2. The van der Waals surface area contributed by atoms with E-state index in [1.165, 1.54) is 77.0 Å². The topological polar surface area (TPSA) is 17.1 Å². The van der Waals surface area contributed by atoms with Crippen LogP contribution in [0, 0.1) is 0 Å². The summed E-state index contributed by atoms with van der Waals surface area (Å²) in [6.07, 6.45) is 23.6. The van der Waals surface area contributed by atoms with Crippen LogP contribution in [0.2, 0.25) is 0 Å².